The summed E-state index contributed by atoms with van der Waals surface area (Å²) in [5.74, 6) is 0.517. The van der Waals surface area contributed by atoms with Crippen LogP contribution in [0, 0.1) is 0 Å². The predicted molar refractivity (Wildman–Crippen MR) is 91.6 cm³/mol. The molecule has 0 spiro atoms. The van der Waals surface area contributed by atoms with Crippen molar-refractivity contribution in [1.82, 2.24) is 5.43 Å². The van der Waals surface area contributed by atoms with Gasteiger partial charge >= 0.3 is 0 Å². The molecule has 5 heteroatoms. The van der Waals surface area contributed by atoms with Crippen molar-refractivity contribution in [3.8, 4) is 5.75 Å². The highest BCUT2D eigenvalue weighted by Crippen LogP contribution is 2.24. The maximum absolute atomic E-state index is 11.9. The third kappa shape index (κ3) is 4.18. The van der Waals surface area contributed by atoms with Gasteiger partial charge in [-0.1, -0.05) is 19.1 Å². The average molecular weight is 361 g/mol. The van der Waals surface area contributed by atoms with Crippen molar-refractivity contribution >= 4 is 28.1 Å². The number of hydrogen-bond acceptors (Lipinski definition) is 3. The second kappa shape index (κ2) is 7.75. The predicted octanol–water partition coefficient (Wildman–Crippen LogP) is 3.78. The van der Waals surface area contributed by atoms with Crippen LogP contribution in [0.15, 0.2) is 52.0 Å². The second-order valence-corrected chi connectivity index (χ2v) is 5.50. The van der Waals surface area contributed by atoms with Gasteiger partial charge in [0.05, 0.1) is 17.8 Å². The second-order valence-electron chi connectivity index (χ2n) is 4.64. The van der Waals surface area contributed by atoms with E-state index in [1.165, 1.54) is 5.56 Å². The van der Waals surface area contributed by atoms with Crippen LogP contribution in [-0.2, 0) is 6.42 Å². The van der Waals surface area contributed by atoms with Gasteiger partial charge < -0.3 is 4.74 Å². The Hall–Kier alpha value is -2.14. The maximum atomic E-state index is 11.9. The van der Waals surface area contributed by atoms with Crippen LogP contribution in [0.4, 0.5) is 0 Å². The fourth-order valence-electron chi connectivity index (χ4n) is 1.88. The normalized spacial score (nSPS) is 10.7. The quantitative estimate of drug-likeness (QED) is 0.651. The molecule has 1 amide bonds. The van der Waals surface area contributed by atoms with Crippen molar-refractivity contribution in [2.75, 3.05) is 7.11 Å². The van der Waals surface area contributed by atoms with Gasteiger partial charge in [0.1, 0.15) is 5.75 Å². The Kier molecular flexibility index (Phi) is 5.72. The summed E-state index contributed by atoms with van der Waals surface area (Å²) in [4.78, 5) is 11.9. The minimum atomic E-state index is -0.230. The summed E-state index contributed by atoms with van der Waals surface area (Å²) >= 11 is 3.40. The molecule has 0 saturated carbocycles. The van der Waals surface area contributed by atoms with E-state index in [4.69, 9.17) is 4.74 Å². The zero-order chi connectivity index (χ0) is 15.9. The molecule has 0 heterocycles. The van der Waals surface area contributed by atoms with Crippen LogP contribution >= 0.6 is 15.9 Å². The third-order valence-corrected chi connectivity index (χ3v) is 3.80. The highest BCUT2D eigenvalue weighted by atomic mass is 79.9. The molecule has 114 valence electrons. The summed E-state index contributed by atoms with van der Waals surface area (Å²) in [5, 5.41) is 3.97. The van der Waals surface area contributed by atoms with Crippen molar-refractivity contribution in [2.24, 2.45) is 5.10 Å². The third-order valence-electron chi connectivity index (χ3n) is 3.18. The molecule has 0 aliphatic rings. The van der Waals surface area contributed by atoms with Crippen molar-refractivity contribution in [3.05, 3.63) is 63.6 Å². The Bertz CT molecular complexity index is 682. The molecular formula is C17H17BrN2O2. The lowest BCUT2D eigenvalue weighted by atomic mass is 10.1. The molecule has 4 nitrogen and oxygen atoms in total. The Morgan fingerprint density at radius 3 is 2.59 bits per heavy atom. The number of hydrogen-bond donors (Lipinski definition) is 1. The number of aryl methyl sites for hydroxylation is 1. The molecule has 1 N–H and O–H groups in total. The first-order valence-electron chi connectivity index (χ1n) is 6.90. The van der Waals surface area contributed by atoms with Gasteiger partial charge in [0.2, 0.25) is 0 Å². The zero-order valence-electron chi connectivity index (χ0n) is 12.5. The Morgan fingerprint density at radius 2 is 2.00 bits per heavy atom. The molecule has 0 aromatic heterocycles. The van der Waals surface area contributed by atoms with Crippen LogP contribution in [-0.4, -0.2) is 19.2 Å². The van der Waals surface area contributed by atoms with Crippen LogP contribution in [0.1, 0.15) is 28.4 Å². The SMILES string of the molecule is CCc1ccc(C(=O)N/N=C\c2ccc(OC)c(Br)c2)cc1. The van der Waals surface area contributed by atoms with Crippen molar-refractivity contribution in [3.63, 3.8) is 0 Å². The Balaban J connectivity index is 1.99. The van der Waals surface area contributed by atoms with Gasteiger partial charge in [-0.25, -0.2) is 5.43 Å². The first kappa shape index (κ1) is 16.2. The minimum absolute atomic E-state index is 0.230. The largest absolute Gasteiger partial charge is 0.496 e. The van der Waals surface area contributed by atoms with E-state index in [9.17, 15) is 4.79 Å². The lowest BCUT2D eigenvalue weighted by Gasteiger charge is -2.03. The first-order valence-corrected chi connectivity index (χ1v) is 7.69. The highest BCUT2D eigenvalue weighted by Gasteiger charge is 2.03. The number of methoxy groups -OCH3 is 1. The number of benzene rings is 2. The van der Waals surface area contributed by atoms with Crippen molar-refractivity contribution in [2.45, 2.75) is 13.3 Å². The topological polar surface area (TPSA) is 50.7 Å². The number of rotatable bonds is 5. The van der Waals surface area contributed by atoms with E-state index in [-0.39, 0.29) is 5.91 Å². The number of nitrogens with zero attached hydrogens (tertiary/aromatic N) is 1. The molecule has 2 aromatic rings. The number of hydrazone groups is 1. The van der Waals surface area contributed by atoms with E-state index in [0.29, 0.717) is 5.56 Å². The van der Waals surface area contributed by atoms with E-state index in [0.717, 1.165) is 22.2 Å². The van der Waals surface area contributed by atoms with Gasteiger partial charge in [-0.05, 0) is 63.8 Å². The van der Waals surface area contributed by atoms with Crippen LogP contribution in [0.3, 0.4) is 0 Å². The Morgan fingerprint density at radius 1 is 1.27 bits per heavy atom. The molecule has 0 bridgehead atoms. The fraction of sp³-hybridized carbons (Fsp3) is 0.176. The standard InChI is InChI=1S/C17H17BrN2O2/c1-3-12-4-7-14(8-5-12)17(21)20-19-11-13-6-9-16(22-2)15(18)10-13/h4-11H,3H2,1-2H3,(H,20,21)/b19-11-. The van der Waals surface area contributed by atoms with Gasteiger partial charge in [-0.15, -0.1) is 0 Å². The fourth-order valence-corrected chi connectivity index (χ4v) is 2.44. The summed E-state index contributed by atoms with van der Waals surface area (Å²) < 4.78 is 5.99. The van der Waals surface area contributed by atoms with E-state index < -0.39 is 0 Å². The van der Waals surface area contributed by atoms with Gasteiger partial charge in [-0.3, -0.25) is 4.79 Å². The van der Waals surface area contributed by atoms with Crippen molar-refractivity contribution < 1.29 is 9.53 Å². The van der Waals surface area contributed by atoms with Crippen molar-refractivity contribution in [1.29, 1.82) is 0 Å². The maximum Gasteiger partial charge on any atom is 0.271 e. The van der Waals surface area contributed by atoms with E-state index in [2.05, 4.69) is 33.4 Å². The number of ether oxygens (including phenoxy) is 1. The number of halogens is 1. The number of nitrogens with one attached hydrogen (secondary N) is 1. The lowest BCUT2D eigenvalue weighted by Crippen LogP contribution is -2.17. The molecule has 22 heavy (non-hydrogen) atoms. The van der Waals surface area contributed by atoms with E-state index in [1.807, 2.05) is 30.3 Å². The van der Waals surface area contributed by atoms with Crippen LogP contribution < -0.4 is 10.2 Å². The smallest absolute Gasteiger partial charge is 0.271 e. The summed E-state index contributed by atoms with van der Waals surface area (Å²) in [7, 11) is 1.61. The average Bonchev–Trinajstić information content (AvgIpc) is 2.55. The lowest BCUT2D eigenvalue weighted by molar-refractivity contribution is 0.0955. The van der Waals surface area contributed by atoms with Gasteiger partial charge in [-0.2, -0.15) is 5.10 Å². The summed E-state index contributed by atoms with van der Waals surface area (Å²) in [6.07, 6.45) is 2.54. The summed E-state index contributed by atoms with van der Waals surface area (Å²) in [5.41, 5.74) is 5.16. The van der Waals surface area contributed by atoms with Gasteiger partial charge in [0, 0.05) is 5.56 Å². The van der Waals surface area contributed by atoms with Crippen LogP contribution in [0.25, 0.3) is 0 Å². The molecule has 0 saturated heterocycles. The minimum Gasteiger partial charge on any atom is -0.496 e. The number of amides is 1. The molecule has 0 aliphatic heterocycles. The monoisotopic (exact) mass is 360 g/mol. The summed E-state index contributed by atoms with van der Waals surface area (Å²) in [6.45, 7) is 2.08. The molecule has 0 fully saturated rings. The summed E-state index contributed by atoms with van der Waals surface area (Å²) in [6, 6.07) is 13.0. The number of carbonyl (C=O) groups is 1. The van der Waals surface area contributed by atoms with Crippen LogP contribution in [0.2, 0.25) is 0 Å². The first-order chi connectivity index (χ1) is 10.6. The molecule has 0 radical (unpaired) electrons. The van der Waals surface area contributed by atoms with Crippen LogP contribution in [0.5, 0.6) is 5.75 Å². The molecule has 0 atom stereocenters. The highest BCUT2D eigenvalue weighted by molar-refractivity contribution is 9.10. The molecule has 0 aliphatic carbocycles. The molecule has 2 rings (SSSR count). The number of carbonyl (C=O) groups excluding carboxylic acids is 1. The molecular weight excluding hydrogens is 344 g/mol. The van der Waals surface area contributed by atoms with E-state index in [1.54, 1.807) is 25.5 Å². The Labute approximate surface area is 138 Å². The van der Waals surface area contributed by atoms with Gasteiger partial charge in [0.15, 0.2) is 0 Å². The van der Waals surface area contributed by atoms with E-state index >= 15 is 0 Å². The molecule has 2 aromatic carbocycles. The zero-order valence-corrected chi connectivity index (χ0v) is 14.1. The molecule has 0 unspecified atom stereocenters. The van der Waals surface area contributed by atoms with Gasteiger partial charge in [0.25, 0.3) is 5.91 Å².